The minimum Gasteiger partial charge on any atom is -0.383 e. The van der Waals surface area contributed by atoms with Gasteiger partial charge in [-0.25, -0.2) is 0 Å². The van der Waals surface area contributed by atoms with Crippen LogP contribution in [0.25, 0.3) is 0 Å². The summed E-state index contributed by atoms with van der Waals surface area (Å²) in [4.78, 5) is 8.30. The van der Waals surface area contributed by atoms with E-state index in [0.717, 1.165) is 18.5 Å². The van der Waals surface area contributed by atoms with E-state index in [1.165, 1.54) is 12.8 Å². The first kappa shape index (κ1) is 9.60. The highest BCUT2D eigenvalue weighted by Gasteiger charge is 2.45. The Hall–Kier alpha value is -0.610. The van der Waals surface area contributed by atoms with Gasteiger partial charge < -0.3 is 5.11 Å². The summed E-state index contributed by atoms with van der Waals surface area (Å²) in [7, 11) is 0. The van der Waals surface area contributed by atoms with E-state index < -0.39 is 5.60 Å². The van der Waals surface area contributed by atoms with Crippen molar-refractivity contribution in [1.82, 2.24) is 9.97 Å². The molecule has 4 heteroatoms. The molecule has 3 heterocycles. The van der Waals surface area contributed by atoms with Crippen molar-refractivity contribution >= 4 is 11.8 Å². The number of fused-ring (bicyclic) bond motifs is 2. The van der Waals surface area contributed by atoms with Crippen molar-refractivity contribution in [3.05, 3.63) is 24.3 Å². The Kier molecular flexibility index (Phi) is 2.21. The molecule has 0 aromatic carbocycles. The van der Waals surface area contributed by atoms with E-state index in [-0.39, 0.29) is 0 Å². The molecule has 1 aromatic rings. The van der Waals surface area contributed by atoms with Crippen molar-refractivity contribution in [2.24, 2.45) is 0 Å². The fraction of sp³-hybridized carbons (Fsp3) is 0.636. The molecule has 0 aliphatic carbocycles. The van der Waals surface area contributed by atoms with Crippen LogP contribution in [-0.4, -0.2) is 25.6 Å². The topological polar surface area (TPSA) is 46.0 Å². The van der Waals surface area contributed by atoms with E-state index in [4.69, 9.17) is 0 Å². The summed E-state index contributed by atoms with van der Waals surface area (Å²) in [5, 5.41) is 11.8. The first-order chi connectivity index (χ1) is 7.26. The third kappa shape index (κ3) is 1.66. The van der Waals surface area contributed by atoms with Crippen molar-refractivity contribution in [3.63, 3.8) is 0 Å². The standard InChI is InChI=1S/C11H14N2OS/c14-11(10-7-12-3-4-13-10)5-8-1-2-9(6-11)15-8/h3-4,7-9,14H,1-2,5-6H2. The lowest BCUT2D eigenvalue weighted by Gasteiger charge is -2.35. The summed E-state index contributed by atoms with van der Waals surface area (Å²) >= 11 is 2.04. The maximum absolute atomic E-state index is 10.6. The highest BCUT2D eigenvalue weighted by molar-refractivity contribution is 8.00. The van der Waals surface area contributed by atoms with Gasteiger partial charge in [-0.3, -0.25) is 9.97 Å². The SMILES string of the molecule is OC1(c2cnccn2)CC2CCC(C1)S2. The van der Waals surface area contributed by atoms with Crippen molar-refractivity contribution in [1.29, 1.82) is 0 Å². The van der Waals surface area contributed by atoms with Crippen LogP contribution in [0.3, 0.4) is 0 Å². The smallest absolute Gasteiger partial charge is 0.110 e. The van der Waals surface area contributed by atoms with Gasteiger partial charge in [-0.2, -0.15) is 11.8 Å². The predicted octanol–water partition coefficient (Wildman–Crippen LogP) is 1.72. The van der Waals surface area contributed by atoms with Crippen LogP contribution in [0, 0.1) is 0 Å². The summed E-state index contributed by atoms with van der Waals surface area (Å²) in [6.45, 7) is 0. The maximum atomic E-state index is 10.6. The molecule has 2 atom stereocenters. The summed E-state index contributed by atoms with van der Waals surface area (Å²) in [6.07, 6.45) is 9.20. The van der Waals surface area contributed by atoms with Gasteiger partial charge in [0, 0.05) is 22.9 Å². The second-order valence-corrected chi connectivity index (χ2v) is 6.09. The molecule has 2 bridgehead atoms. The van der Waals surface area contributed by atoms with E-state index in [2.05, 4.69) is 9.97 Å². The Bertz CT molecular complexity index is 345. The van der Waals surface area contributed by atoms with Gasteiger partial charge in [0.25, 0.3) is 0 Å². The number of nitrogens with zero attached hydrogens (tertiary/aromatic N) is 2. The fourth-order valence-electron chi connectivity index (χ4n) is 2.67. The van der Waals surface area contributed by atoms with E-state index >= 15 is 0 Å². The molecule has 2 fully saturated rings. The molecular weight excluding hydrogens is 208 g/mol. The van der Waals surface area contributed by atoms with E-state index in [9.17, 15) is 5.11 Å². The lowest BCUT2D eigenvalue weighted by Crippen LogP contribution is -2.35. The molecule has 3 nitrogen and oxygen atoms in total. The van der Waals surface area contributed by atoms with Gasteiger partial charge in [0.1, 0.15) is 5.60 Å². The minimum atomic E-state index is -0.717. The van der Waals surface area contributed by atoms with Gasteiger partial charge in [0.15, 0.2) is 0 Å². The van der Waals surface area contributed by atoms with Crippen LogP contribution >= 0.6 is 11.8 Å². The molecule has 3 rings (SSSR count). The monoisotopic (exact) mass is 222 g/mol. The van der Waals surface area contributed by atoms with E-state index in [0.29, 0.717) is 10.5 Å². The number of aliphatic hydroxyl groups is 1. The number of aromatic nitrogens is 2. The number of thioether (sulfide) groups is 1. The van der Waals surface area contributed by atoms with Crippen LogP contribution in [0.1, 0.15) is 31.4 Å². The highest BCUT2D eigenvalue weighted by atomic mass is 32.2. The predicted molar refractivity (Wildman–Crippen MR) is 59.6 cm³/mol. The molecule has 2 aliphatic rings. The number of hydrogen-bond acceptors (Lipinski definition) is 4. The van der Waals surface area contributed by atoms with Crippen LogP contribution in [0.5, 0.6) is 0 Å². The third-order valence-corrected chi connectivity index (χ3v) is 4.94. The third-order valence-electron chi connectivity index (χ3n) is 3.37. The zero-order valence-electron chi connectivity index (χ0n) is 8.47. The lowest BCUT2D eigenvalue weighted by molar-refractivity contribution is 0.0150. The molecule has 2 aliphatic heterocycles. The summed E-state index contributed by atoms with van der Waals surface area (Å²) in [5.74, 6) is 0. The van der Waals surface area contributed by atoms with Crippen LogP contribution in [0.4, 0.5) is 0 Å². The quantitative estimate of drug-likeness (QED) is 0.786. The van der Waals surface area contributed by atoms with Gasteiger partial charge in [-0.15, -0.1) is 0 Å². The Balaban J connectivity index is 1.91. The Morgan fingerprint density at radius 1 is 1.27 bits per heavy atom. The molecule has 80 valence electrons. The summed E-state index contributed by atoms with van der Waals surface area (Å²) in [5.41, 5.74) is 0.0351. The second kappa shape index (κ2) is 3.46. The van der Waals surface area contributed by atoms with Crippen molar-refractivity contribution in [3.8, 4) is 0 Å². The average Bonchev–Trinajstić information content (AvgIpc) is 2.60. The summed E-state index contributed by atoms with van der Waals surface area (Å²) in [6, 6.07) is 0. The van der Waals surface area contributed by atoms with Crippen LogP contribution < -0.4 is 0 Å². The minimum absolute atomic E-state index is 0.621. The zero-order valence-corrected chi connectivity index (χ0v) is 9.28. The van der Waals surface area contributed by atoms with Gasteiger partial charge in [0.05, 0.1) is 11.9 Å². The van der Waals surface area contributed by atoms with E-state index in [1.807, 2.05) is 11.8 Å². The second-order valence-electron chi connectivity index (χ2n) is 4.49. The highest BCUT2D eigenvalue weighted by Crippen LogP contribution is 2.50. The van der Waals surface area contributed by atoms with Crippen molar-refractivity contribution in [2.45, 2.75) is 41.8 Å². The molecule has 0 spiro atoms. The Morgan fingerprint density at radius 2 is 2.00 bits per heavy atom. The van der Waals surface area contributed by atoms with Crippen molar-refractivity contribution < 1.29 is 5.11 Å². The van der Waals surface area contributed by atoms with Crippen molar-refractivity contribution in [2.75, 3.05) is 0 Å². The van der Waals surface area contributed by atoms with Gasteiger partial charge in [0.2, 0.25) is 0 Å². The molecule has 1 N–H and O–H groups in total. The van der Waals surface area contributed by atoms with Crippen LogP contribution in [-0.2, 0) is 5.60 Å². The Labute approximate surface area is 93.3 Å². The van der Waals surface area contributed by atoms with E-state index in [1.54, 1.807) is 18.6 Å². The number of hydrogen-bond donors (Lipinski definition) is 1. The first-order valence-electron chi connectivity index (χ1n) is 5.41. The maximum Gasteiger partial charge on any atom is 0.110 e. The largest absolute Gasteiger partial charge is 0.383 e. The van der Waals surface area contributed by atoms with Gasteiger partial charge in [-0.1, -0.05) is 0 Å². The van der Waals surface area contributed by atoms with Crippen LogP contribution in [0.15, 0.2) is 18.6 Å². The lowest BCUT2D eigenvalue weighted by atomic mass is 9.90. The molecule has 1 aromatic heterocycles. The molecule has 0 amide bonds. The average molecular weight is 222 g/mol. The summed E-state index contributed by atoms with van der Waals surface area (Å²) < 4.78 is 0. The number of rotatable bonds is 1. The first-order valence-corrected chi connectivity index (χ1v) is 6.35. The fourth-order valence-corrected chi connectivity index (χ4v) is 4.50. The zero-order chi connectivity index (χ0) is 10.3. The van der Waals surface area contributed by atoms with Gasteiger partial charge in [-0.05, 0) is 25.7 Å². The normalized spacial score (nSPS) is 39.3. The Morgan fingerprint density at radius 3 is 2.60 bits per heavy atom. The van der Waals surface area contributed by atoms with Crippen LogP contribution in [0.2, 0.25) is 0 Å². The molecule has 2 saturated heterocycles. The molecule has 15 heavy (non-hydrogen) atoms. The molecule has 0 radical (unpaired) electrons. The van der Waals surface area contributed by atoms with Gasteiger partial charge >= 0.3 is 0 Å². The molecule has 2 unspecified atom stereocenters. The molecule has 0 saturated carbocycles. The molecular formula is C11H14N2OS.